The maximum atomic E-state index is 11.8. The Balaban J connectivity index is 2.39. The number of carbonyl (C=O) groups excluding carboxylic acids is 1. The number of pyridine rings is 1. The molecule has 4 heteroatoms. The maximum Gasteiger partial charge on any atom is 0.181 e. The lowest BCUT2D eigenvalue weighted by atomic mass is 9.92. The van der Waals surface area contributed by atoms with E-state index < -0.39 is 0 Å². The zero-order valence-electron chi connectivity index (χ0n) is 9.16. The van der Waals surface area contributed by atoms with Crippen LogP contribution in [0.5, 0.6) is 0 Å². The smallest absolute Gasteiger partial charge is 0.181 e. The first kappa shape index (κ1) is 10.5. The van der Waals surface area contributed by atoms with Gasteiger partial charge in [-0.3, -0.25) is 4.79 Å². The summed E-state index contributed by atoms with van der Waals surface area (Å²) in [6, 6.07) is 5.37. The number of Topliss-reactive ketones (excluding diaryl/α,β-unsaturated/α-hetero) is 1. The second-order valence-corrected chi connectivity index (χ2v) is 4.73. The van der Waals surface area contributed by atoms with Crippen LogP contribution in [0.3, 0.4) is 0 Å². The van der Waals surface area contributed by atoms with E-state index in [0.717, 1.165) is 29.3 Å². The quantitative estimate of drug-likeness (QED) is 0.778. The molecule has 3 rings (SSSR count). The van der Waals surface area contributed by atoms with Crippen molar-refractivity contribution in [2.24, 2.45) is 0 Å². The van der Waals surface area contributed by atoms with E-state index in [2.05, 4.69) is 4.98 Å². The number of nitrogens with two attached hydrogens (primary N) is 1. The van der Waals surface area contributed by atoms with Crippen LogP contribution in [-0.4, -0.2) is 10.8 Å². The fourth-order valence-electron chi connectivity index (χ4n) is 2.33. The van der Waals surface area contributed by atoms with Crippen LogP contribution in [0.1, 0.15) is 28.9 Å². The van der Waals surface area contributed by atoms with Crippen LogP contribution < -0.4 is 5.73 Å². The predicted molar refractivity (Wildman–Crippen MR) is 68.4 cm³/mol. The van der Waals surface area contributed by atoms with Crippen molar-refractivity contribution in [1.29, 1.82) is 0 Å². The number of halogens is 1. The van der Waals surface area contributed by atoms with Crippen molar-refractivity contribution >= 4 is 34.0 Å². The molecule has 0 amide bonds. The number of aromatic nitrogens is 1. The molecule has 2 aromatic rings. The average Bonchev–Trinajstić information content (AvgIpc) is 2.32. The Morgan fingerprint density at radius 1 is 1.29 bits per heavy atom. The van der Waals surface area contributed by atoms with E-state index in [9.17, 15) is 4.79 Å². The average molecular weight is 247 g/mol. The topological polar surface area (TPSA) is 56.0 Å². The number of hydrogen-bond donors (Lipinski definition) is 1. The number of anilines is 1. The van der Waals surface area contributed by atoms with Gasteiger partial charge in [0.25, 0.3) is 0 Å². The van der Waals surface area contributed by atoms with E-state index >= 15 is 0 Å². The van der Waals surface area contributed by atoms with Gasteiger partial charge in [-0.25, -0.2) is 4.98 Å². The molecule has 0 unspecified atom stereocenters. The van der Waals surface area contributed by atoms with Crippen molar-refractivity contribution in [1.82, 2.24) is 4.98 Å². The number of fused-ring (bicyclic) bond motifs is 2. The van der Waals surface area contributed by atoms with Gasteiger partial charge in [0.15, 0.2) is 5.78 Å². The van der Waals surface area contributed by atoms with E-state index in [4.69, 9.17) is 17.3 Å². The van der Waals surface area contributed by atoms with Crippen molar-refractivity contribution in [2.45, 2.75) is 19.3 Å². The zero-order valence-corrected chi connectivity index (χ0v) is 9.92. The van der Waals surface area contributed by atoms with Crippen LogP contribution in [0.4, 0.5) is 5.69 Å². The minimum absolute atomic E-state index is 0.0924. The van der Waals surface area contributed by atoms with Gasteiger partial charge in [0.05, 0.1) is 5.52 Å². The van der Waals surface area contributed by atoms with Gasteiger partial charge in [0.1, 0.15) is 5.69 Å². The highest BCUT2D eigenvalue weighted by molar-refractivity contribution is 6.31. The molecule has 0 aliphatic heterocycles. The Labute approximate surface area is 104 Å². The molecule has 1 aliphatic rings. The molecule has 2 N–H and O–H groups in total. The highest BCUT2D eigenvalue weighted by atomic mass is 35.5. The van der Waals surface area contributed by atoms with E-state index in [0.29, 0.717) is 22.8 Å². The van der Waals surface area contributed by atoms with Gasteiger partial charge in [-0.05, 0) is 31.0 Å². The molecule has 0 saturated carbocycles. The van der Waals surface area contributed by atoms with Gasteiger partial charge < -0.3 is 5.73 Å². The van der Waals surface area contributed by atoms with Gasteiger partial charge >= 0.3 is 0 Å². The van der Waals surface area contributed by atoms with Crippen LogP contribution in [0.25, 0.3) is 10.9 Å². The van der Waals surface area contributed by atoms with Crippen LogP contribution in [0, 0.1) is 0 Å². The van der Waals surface area contributed by atoms with Gasteiger partial charge in [0, 0.05) is 28.1 Å². The summed E-state index contributed by atoms with van der Waals surface area (Å²) in [6.45, 7) is 0. The molecule has 0 radical (unpaired) electrons. The Hall–Kier alpha value is -1.61. The summed E-state index contributed by atoms with van der Waals surface area (Å²) < 4.78 is 0. The Bertz CT molecular complexity index is 637. The molecule has 0 bridgehead atoms. The number of benzene rings is 1. The van der Waals surface area contributed by atoms with Crippen LogP contribution >= 0.6 is 11.6 Å². The zero-order chi connectivity index (χ0) is 12.0. The second-order valence-electron chi connectivity index (χ2n) is 4.29. The van der Waals surface area contributed by atoms with Crippen molar-refractivity contribution in [2.75, 3.05) is 5.73 Å². The Morgan fingerprint density at radius 2 is 2.12 bits per heavy atom. The Morgan fingerprint density at radius 3 is 2.94 bits per heavy atom. The molecule has 0 saturated heterocycles. The van der Waals surface area contributed by atoms with Crippen molar-refractivity contribution in [3.63, 3.8) is 0 Å². The lowest BCUT2D eigenvalue weighted by Crippen LogP contribution is -2.15. The minimum atomic E-state index is 0.0924. The van der Waals surface area contributed by atoms with Crippen molar-refractivity contribution < 1.29 is 4.79 Å². The monoisotopic (exact) mass is 246 g/mol. The molecule has 0 fully saturated rings. The van der Waals surface area contributed by atoms with Crippen LogP contribution in [0.15, 0.2) is 18.2 Å². The molecule has 1 aliphatic carbocycles. The maximum absolute atomic E-state index is 11.8. The number of hydrogen-bond acceptors (Lipinski definition) is 3. The highest BCUT2D eigenvalue weighted by Crippen LogP contribution is 2.32. The van der Waals surface area contributed by atoms with Gasteiger partial charge in [0.2, 0.25) is 0 Å². The molecule has 0 atom stereocenters. The first-order chi connectivity index (χ1) is 8.16. The van der Waals surface area contributed by atoms with E-state index in [1.807, 2.05) is 0 Å². The predicted octanol–water partition coefficient (Wildman–Crippen LogP) is 2.99. The molecule has 17 heavy (non-hydrogen) atoms. The third-order valence-electron chi connectivity index (χ3n) is 3.19. The number of carbonyl (C=O) groups is 1. The molecule has 3 nitrogen and oxygen atoms in total. The summed E-state index contributed by atoms with van der Waals surface area (Å²) in [5.74, 6) is 0.0924. The van der Waals surface area contributed by atoms with E-state index in [1.165, 1.54) is 0 Å². The summed E-state index contributed by atoms with van der Waals surface area (Å²) >= 11 is 5.95. The van der Waals surface area contributed by atoms with E-state index in [1.54, 1.807) is 18.2 Å². The second kappa shape index (κ2) is 3.70. The molecule has 0 spiro atoms. The molecular weight excluding hydrogens is 236 g/mol. The minimum Gasteiger partial charge on any atom is -0.398 e. The first-order valence-corrected chi connectivity index (χ1v) is 5.95. The van der Waals surface area contributed by atoms with Gasteiger partial charge in [-0.1, -0.05) is 11.6 Å². The normalized spacial score (nSPS) is 15.0. The summed E-state index contributed by atoms with van der Waals surface area (Å²) in [5, 5.41) is 1.47. The lowest BCUT2D eigenvalue weighted by Gasteiger charge is -2.17. The lowest BCUT2D eigenvalue weighted by molar-refractivity contribution is 0.0968. The number of rotatable bonds is 0. The van der Waals surface area contributed by atoms with Gasteiger partial charge in [-0.15, -0.1) is 0 Å². The fourth-order valence-corrected chi connectivity index (χ4v) is 2.50. The number of nitrogen functional groups attached to an aromatic ring is 1. The largest absolute Gasteiger partial charge is 0.398 e. The summed E-state index contributed by atoms with van der Waals surface area (Å²) in [7, 11) is 0. The Kier molecular flexibility index (Phi) is 2.30. The molecule has 86 valence electrons. The van der Waals surface area contributed by atoms with Crippen LogP contribution in [0.2, 0.25) is 5.02 Å². The SMILES string of the molecule is Nc1c2c(nc3ccc(Cl)cc13)C(=O)CCC2. The molecule has 1 aromatic heterocycles. The number of ketones is 1. The standard InChI is InChI=1S/C13H11ClN2O/c14-7-4-5-10-9(6-7)12(15)8-2-1-3-11(17)13(8)16-10/h4-6H,1-3H2,(H2,15,16). The summed E-state index contributed by atoms with van der Waals surface area (Å²) in [5.41, 5.74) is 8.94. The van der Waals surface area contributed by atoms with Crippen LogP contribution in [-0.2, 0) is 6.42 Å². The summed E-state index contributed by atoms with van der Waals surface area (Å²) in [4.78, 5) is 16.2. The first-order valence-electron chi connectivity index (χ1n) is 5.57. The number of nitrogens with zero attached hydrogens (tertiary/aromatic N) is 1. The fraction of sp³-hybridized carbons (Fsp3) is 0.231. The van der Waals surface area contributed by atoms with Crippen molar-refractivity contribution in [3.05, 3.63) is 34.5 Å². The molecular formula is C13H11ClN2O. The van der Waals surface area contributed by atoms with Crippen molar-refractivity contribution in [3.8, 4) is 0 Å². The molecule has 1 heterocycles. The third-order valence-corrected chi connectivity index (χ3v) is 3.42. The summed E-state index contributed by atoms with van der Waals surface area (Å²) in [6.07, 6.45) is 2.24. The van der Waals surface area contributed by atoms with Gasteiger partial charge in [-0.2, -0.15) is 0 Å². The van der Waals surface area contributed by atoms with E-state index in [-0.39, 0.29) is 5.78 Å². The third kappa shape index (κ3) is 1.58. The molecule has 1 aromatic carbocycles. The highest BCUT2D eigenvalue weighted by Gasteiger charge is 2.22.